The number of benzene rings is 1. The van der Waals surface area contributed by atoms with Crippen LogP contribution in [0.3, 0.4) is 0 Å². The number of fused-ring (bicyclic) bond motifs is 1. The predicted molar refractivity (Wildman–Crippen MR) is 62.1 cm³/mol. The molecule has 0 atom stereocenters. The van der Waals surface area contributed by atoms with E-state index in [9.17, 15) is 4.39 Å². The smallest absolute Gasteiger partial charge is 0.181 e. The van der Waals surface area contributed by atoms with Gasteiger partial charge in [-0.1, -0.05) is 11.6 Å². The van der Waals surface area contributed by atoms with Crippen molar-refractivity contribution in [1.82, 2.24) is 19.9 Å². The van der Waals surface area contributed by atoms with E-state index in [1.54, 1.807) is 12.3 Å². The predicted octanol–water partition coefficient (Wildman–Crippen LogP) is 2.81. The van der Waals surface area contributed by atoms with E-state index in [0.717, 1.165) is 0 Å². The van der Waals surface area contributed by atoms with Crippen LogP contribution < -0.4 is 0 Å². The summed E-state index contributed by atoms with van der Waals surface area (Å²) in [5, 5.41) is 0.0876. The highest BCUT2D eigenvalue weighted by atomic mass is 35.5. The van der Waals surface area contributed by atoms with Gasteiger partial charge in [0.25, 0.3) is 0 Å². The van der Waals surface area contributed by atoms with Gasteiger partial charge in [-0.2, -0.15) is 0 Å². The normalized spacial score (nSPS) is 10.9. The summed E-state index contributed by atoms with van der Waals surface area (Å²) >= 11 is 5.62. The lowest BCUT2D eigenvalue weighted by Crippen LogP contribution is -1.83. The zero-order valence-electron chi connectivity index (χ0n) is 8.48. The number of imidazole rings is 1. The zero-order chi connectivity index (χ0) is 11.8. The topological polar surface area (TPSA) is 54.5 Å². The highest BCUT2D eigenvalue weighted by Crippen LogP contribution is 2.23. The molecule has 0 radical (unpaired) electrons. The molecule has 0 bridgehead atoms. The molecule has 0 aliphatic carbocycles. The summed E-state index contributed by atoms with van der Waals surface area (Å²) in [6.45, 7) is 0. The lowest BCUT2D eigenvalue weighted by molar-refractivity contribution is 0.628. The minimum absolute atomic E-state index is 0.0876. The van der Waals surface area contributed by atoms with Gasteiger partial charge in [0.05, 0.1) is 11.2 Å². The Labute approximate surface area is 101 Å². The molecule has 3 aromatic rings. The van der Waals surface area contributed by atoms with Crippen molar-refractivity contribution in [2.24, 2.45) is 0 Å². The fourth-order valence-electron chi connectivity index (χ4n) is 1.54. The zero-order valence-corrected chi connectivity index (χ0v) is 9.24. The fourth-order valence-corrected chi connectivity index (χ4v) is 1.66. The molecule has 2 heterocycles. The number of halogens is 2. The van der Waals surface area contributed by atoms with Crippen molar-refractivity contribution in [3.8, 4) is 11.4 Å². The van der Waals surface area contributed by atoms with Crippen LogP contribution >= 0.6 is 11.6 Å². The molecular weight excluding hydrogens is 243 g/mol. The van der Waals surface area contributed by atoms with Crippen LogP contribution in [0.15, 0.2) is 30.7 Å². The second kappa shape index (κ2) is 3.78. The molecule has 0 spiro atoms. The van der Waals surface area contributed by atoms with Gasteiger partial charge in [-0.15, -0.1) is 0 Å². The quantitative estimate of drug-likeness (QED) is 0.720. The van der Waals surface area contributed by atoms with Crippen molar-refractivity contribution in [3.63, 3.8) is 0 Å². The molecule has 1 aromatic carbocycles. The van der Waals surface area contributed by atoms with Crippen LogP contribution in [0.1, 0.15) is 0 Å². The molecule has 0 saturated heterocycles. The van der Waals surface area contributed by atoms with E-state index in [0.29, 0.717) is 22.6 Å². The summed E-state index contributed by atoms with van der Waals surface area (Å²) in [5.41, 5.74) is 1.87. The Kier molecular flexibility index (Phi) is 2.26. The first-order chi connectivity index (χ1) is 8.24. The Hall–Kier alpha value is -2.01. The lowest BCUT2D eigenvalue weighted by Gasteiger charge is -1.97. The second-order valence-electron chi connectivity index (χ2n) is 3.47. The minimum Gasteiger partial charge on any atom is -0.335 e. The third-order valence-electron chi connectivity index (χ3n) is 2.36. The van der Waals surface area contributed by atoms with E-state index in [-0.39, 0.29) is 5.02 Å². The highest BCUT2D eigenvalue weighted by molar-refractivity contribution is 6.30. The monoisotopic (exact) mass is 248 g/mol. The van der Waals surface area contributed by atoms with E-state index in [1.165, 1.54) is 18.5 Å². The average Bonchev–Trinajstić information content (AvgIpc) is 2.76. The summed E-state index contributed by atoms with van der Waals surface area (Å²) in [7, 11) is 0. The van der Waals surface area contributed by atoms with Gasteiger partial charge in [0.15, 0.2) is 5.65 Å². The molecule has 84 valence electrons. The van der Waals surface area contributed by atoms with E-state index in [2.05, 4.69) is 19.9 Å². The highest BCUT2D eigenvalue weighted by Gasteiger charge is 2.08. The number of rotatable bonds is 1. The molecule has 0 saturated carbocycles. The first-order valence-electron chi connectivity index (χ1n) is 4.85. The van der Waals surface area contributed by atoms with E-state index < -0.39 is 5.82 Å². The summed E-state index contributed by atoms with van der Waals surface area (Å²) in [6.07, 6.45) is 3.03. The van der Waals surface area contributed by atoms with Crippen LogP contribution in [-0.2, 0) is 0 Å². The number of nitrogens with zero attached hydrogens (tertiary/aromatic N) is 3. The van der Waals surface area contributed by atoms with Gasteiger partial charge in [-0.25, -0.2) is 19.3 Å². The number of hydrogen-bond donors (Lipinski definition) is 1. The standard InChI is InChI=1S/C11H6ClFN4/c12-7-2-1-6(3-8(7)13)10-16-9-4-14-5-15-11(9)17-10/h1-5H,(H,14,15,16,17). The van der Waals surface area contributed by atoms with Gasteiger partial charge in [0.2, 0.25) is 0 Å². The molecule has 2 aromatic heterocycles. The number of aromatic amines is 1. The van der Waals surface area contributed by atoms with Crippen LogP contribution in [0.5, 0.6) is 0 Å². The summed E-state index contributed by atoms with van der Waals surface area (Å²) in [4.78, 5) is 15.1. The van der Waals surface area contributed by atoms with Gasteiger partial charge in [-0.3, -0.25) is 0 Å². The molecule has 0 unspecified atom stereocenters. The molecular formula is C11H6ClFN4. The van der Waals surface area contributed by atoms with Crippen molar-refractivity contribution < 1.29 is 4.39 Å². The molecule has 4 nitrogen and oxygen atoms in total. The van der Waals surface area contributed by atoms with Gasteiger partial charge in [0.1, 0.15) is 23.5 Å². The van der Waals surface area contributed by atoms with Crippen molar-refractivity contribution in [2.45, 2.75) is 0 Å². The molecule has 0 aliphatic rings. The third kappa shape index (κ3) is 1.74. The van der Waals surface area contributed by atoms with Gasteiger partial charge in [0, 0.05) is 5.56 Å². The summed E-state index contributed by atoms with van der Waals surface area (Å²) in [6, 6.07) is 4.51. The Morgan fingerprint density at radius 3 is 2.94 bits per heavy atom. The van der Waals surface area contributed by atoms with E-state index >= 15 is 0 Å². The maximum atomic E-state index is 13.3. The van der Waals surface area contributed by atoms with Crippen LogP contribution in [0.2, 0.25) is 5.02 Å². The average molecular weight is 249 g/mol. The lowest BCUT2D eigenvalue weighted by atomic mass is 10.2. The summed E-state index contributed by atoms with van der Waals surface area (Å²) < 4.78 is 13.3. The van der Waals surface area contributed by atoms with Crippen molar-refractivity contribution in [3.05, 3.63) is 41.6 Å². The fraction of sp³-hybridized carbons (Fsp3) is 0. The maximum Gasteiger partial charge on any atom is 0.181 e. The largest absolute Gasteiger partial charge is 0.335 e. The van der Waals surface area contributed by atoms with Crippen molar-refractivity contribution >= 4 is 22.8 Å². The number of aromatic nitrogens is 4. The number of hydrogen-bond acceptors (Lipinski definition) is 3. The van der Waals surface area contributed by atoms with Crippen molar-refractivity contribution in [2.75, 3.05) is 0 Å². The van der Waals surface area contributed by atoms with Crippen LogP contribution in [0, 0.1) is 5.82 Å². The number of nitrogens with one attached hydrogen (secondary N) is 1. The molecule has 3 rings (SSSR count). The van der Waals surface area contributed by atoms with Crippen LogP contribution in [-0.4, -0.2) is 19.9 Å². The van der Waals surface area contributed by atoms with Crippen LogP contribution in [0.25, 0.3) is 22.6 Å². The van der Waals surface area contributed by atoms with E-state index in [1.807, 2.05) is 0 Å². The molecule has 0 aliphatic heterocycles. The SMILES string of the molecule is Fc1cc(-c2nc3ncncc3[nH]2)ccc1Cl. The van der Waals surface area contributed by atoms with Gasteiger partial charge < -0.3 is 4.98 Å². The van der Waals surface area contributed by atoms with Gasteiger partial charge >= 0.3 is 0 Å². The van der Waals surface area contributed by atoms with Crippen molar-refractivity contribution in [1.29, 1.82) is 0 Å². The Morgan fingerprint density at radius 2 is 2.18 bits per heavy atom. The van der Waals surface area contributed by atoms with Crippen LogP contribution in [0.4, 0.5) is 4.39 Å². The maximum absolute atomic E-state index is 13.3. The minimum atomic E-state index is -0.476. The Bertz CT molecular complexity index is 662. The van der Waals surface area contributed by atoms with E-state index in [4.69, 9.17) is 11.6 Å². The first-order valence-corrected chi connectivity index (χ1v) is 5.23. The Morgan fingerprint density at radius 1 is 1.29 bits per heavy atom. The molecule has 0 fully saturated rings. The molecule has 0 amide bonds. The first kappa shape index (κ1) is 10.2. The van der Waals surface area contributed by atoms with Gasteiger partial charge in [-0.05, 0) is 18.2 Å². The molecule has 17 heavy (non-hydrogen) atoms. The third-order valence-corrected chi connectivity index (χ3v) is 2.66. The Balaban J connectivity index is 2.17. The molecule has 6 heteroatoms. The molecule has 1 N–H and O–H groups in total. The number of H-pyrrole nitrogens is 1. The second-order valence-corrected chi connectivity index (χ2v) is 3.88. The summed E-state index contributed by atoms with van der Waals surface area (Å²) in [5.74, 6) is 0.0618.